The van der Waals surface area contributed by atoms with Crippen molar-refractivity contribution in [3.63, 3.8) is 0 Å². The lowest BCUT2D eigenvalue weighted by atomic mass is 10.0. The maximum atomic E-state index is 3.80. The number of piperidine rings is 2. The highest BCUT2D eigenvalue weighted by Gasteiger charge is 2.22. The SMILES string of the molecule is CCN1CCC(NCC2CCCCN2C)CC1. The minimum atomic E-state index is 0.771. The number of likely N-dealkylation sites (tertiary alicyclic amines) is 2. The van der Waals surface area contributed by atoms with Gasteiger partial charge in [-0.2, -0.15) is 0 Å². The van der Waals surface area contributed by atoms with Gasteiger partial charge in [-0.15, -0.1) is 0 Å². The molecular formula is C14H29N3. The molecule has 2 fully saturated rings. The number of hydrogen-bond donors (Lipinski definition) is 1. The van der Waals surface area contributed by atoms with E-state index in [1.165, 1.54) is 64.8 Å². The molecule has 2 rings (SSSR count). The molecule has 2 aliphatic heterocycles. The summed E-state index contributed by atoms with van der Waals surface area (Å²) in [4.78, 5) is 5.10. The first-order chi connectivity index (χ1) is 8.29. The first kappa shape index (κ1) is 13.3. The van der Waals surface area contributed by atoms with Crippen LogP contribution in [0.5, 0.6) is 0 Å². The quantitative estimate of drug-likeness (QED) is 0.803. The van der Waals surface area contributed by atoms with E-state index in [0.717, 1.165) is 12.1 Å². The predicted molar refractivity (Wildman–Crippen MR) is 73.4 cm³/mol. The van der Waals surface area contributed by atoms with E-state index in [0.29, 0.717) is 0 Å². The Kier molecular flexibility index (Phi) is 5.26. The highest BCUT2D eigenvalue weighted by molar-refractivity contribution is 4.81. The van der Waals surface area contributed by atoms with Gasteiger partial charge in [0.15, 0.2) is 0 Å². The van der Waals surface area contributed by atoms with Gasteiger partial charge in [-0.3, -0.25) is 0 Å². The third-order valence-electron chi connectivity index (χ3n) is 4.60. The summed E-state index contributed by atoms with van der Waals surface area (Å²) in [6, 6.07) is 1.56. The molecule has 0 aromatic heterocycles. The van der Waals surface area contributed by atoms with Crippen LogP contribution in [0.2, 0.25) is 0 Å². The topological polar surface area (TPSA) is 18.5 Å². The summed E-state index contributed by atoms with van der Waals surface area (Å²) in [6.07, 6.45) is 6.87. The van der Waals surface area contributed by atoms with Crippen molar-refractivity contribution in [3.05, 3.63) is 0 Å². The van der Waals surface area contributed by atoms with Crippen LogP contribution in [0.4, 0.5) is 0 Å². The van der Waals surface area contributed by atoms with Crippen molar-refractivity contribution in [1.29, 1.82) is 0 Å². The average Bonchev–Trinajstić information content (AvgIpc) is 2.38. The minimum absolute atomic E-state index is 0.771. The molecule has 0 aromatic rings. The van der Waals surface area contributed by atoms with Crippen LogP contribution in [0.1, 0.15) is 39.0 Å². The van der Waals surface area contributed by atoms with Crippen LogP contribution in [-0.4, -0.2) is 61.7 Å². The Morgan fingerprint density at radius 2 is 1.82 bits per heavy atom. The first-order valence-corrected chi connectivity index (χ1v) is 7.45. The fourth-order valence-electron chi connectivity index (χ4n) is 3.16. The number of nitrogens with one attached hydrogen (secondary N) is 1. The second kappa shape index (κ2) is 6.72. The van der Waals surface area contributed by atoms with Crippen LogP contribution in [0.3, 0.4) is 0 Å². The molecule has 17 heavy (non-hydrogen) atoms. The lowest BCUT2D eigenvalue weighted by molar-refractivity contribution is 0.162. The van der Waals surface area contributed by atoms with Gasteiger partial charge in [0.2, 0.25) is 0 Å². The summed E-state index contributed by atoms with van der Waals surface area (Å²) >= 11 is 0. The molecule has 0 bridgehead atoms. The van der Waals surface area contributed by atoms with E-state index in [2.05, 4.69) is 29.1 Å². The number of nitrogens with zero attached hydrogens (tertiary/aromatic N) is 2. The minimum Gasteiger partial charge on any atom is -0.312 e. The molecule has 3 nitrogen and oxygen atoms in total. The molecule has 0 aliphatic carbocycles. The fourth-order valence-corrected chi connectivity index (χ4v) is 3.16. The lowest BCUT2D eigenvalue weighted by Gasteiger charge is -2.36. The molecule has 0 saturated carbocycles. The number of likely N-dealkylation sites (N-methyl/N-ethyl adjacent to an activating group) is 1. The maximum Gasteiger partial charge on any atom is 0.0217 e. The molecule has 0 spiro atoms. The smallest absolute Gasteiger partial charge is 0.0217 e. The van der Waals surface area contributed by atoms with Crippen molar-refractivity contribution >= 4 is 0 Å². The molecule has 2 aliphatic rings. The summed E-state index contributed by atoms with van der Waals surface area (Å²) in [7, 11) is 2.28. The maximum absolute atomic E-state index is 3.80. The molecule has 0 aromatic carbocycles. The van der Waals surface area contributed by atoms with E-state index in [1.54, 1.807) is 0 Å². The van der Waals surface area contributed by atoms with E-state index < -0.39 is 0 Å². The van der Waals surface area contributed by atoms with E-state index >= 15 is 0 Å². The number of hydrogen-bond acceptors (Lipinski definition) is 3. The standard InChI is InChI=1S/C14H29N3/c1-3-17-10-7-13(8-11-17)15-12-14-6-4-5-9-16(14)2/h13-15H,3-12H2,1-2H3. The third kappa shape index (κ3) is 3.94. The van der Waals surface area contributed by atoms with Gasteiger partial charge >= 0.3 is 0 Å². The fraction of sp³-hybridized carbons (Fsp3) is 1.00. The molecule has 2 heterocycles. The Hall–Kier alpha value is -0.120. The average molecular weight is 239 g/mol. The molecule has 3 heteroatoms. The number of rotatable bonds is 4. The highest BCUT2D eigenvalue weighted by Crippen LogP contribution is 2.15. The summed E-state index contributed by atoms with van der Waals surface area (Å²) in [5.41, 5.74) is 0. The van der Waals surface area contributed by atoms with Crippen molar-refractivity contribution in [2.24, 2.45) is 0 Å². The van der Waals surface area contributed by atoms with Gasteiger partial charge in [0.1, 0.15) is 0 Å². The van der Waals surface area contributed by atoms with Gasteiger partial charge in [-0.25, -0.2) is 0 Å². The molecule has 100 valence electrons. The van der Waals surface area contributed by atoms with E-state index in [-0.39, 0.29) is 0 Å². The Labute approximate surface area is 107 Å². The van der Waals surface area contributed by atoms with Crippen LogP contribution < -0.4 is 5.32 Å². The zero-order valence-electron chi connectivity index (χ0n) is 11.6. The van der Waals surface area contributed by atoms with E-state index in [1.807, 2.05) is 0 Å². The van der Waals surface area contributed by atoms with E-state index in [4.69, 9.17) is 0 Å². The van der Waals surface area contributed by atoms with Crippen molar-refractivity contribution in [2.45, 2.75) is 51.1 Å². The third-order valence-corrected chi connectivity index (χ3v) is 4.60. The normalized spacial score (nSPS) is 29.6. The Morgan fingerprint density at radius 1 is 1.06 bits per heavy atom. The molecule has 0 radical (unpaired) electrons. The van der Waals surface area contributed by atoms with E-state index in [9.17, 15) is 0 Å². The van der Waals surface area contributed by atoms with Crippen LogP contribution in [0, 0.1) is 0 Å². The van der Waals surface area contributed by atoms with Gasteiger partial charge in [-0.1, -0.05) is 13.3 Å². The van der Waals surface area contributed by atoms with Gasteiger partial charge in [-0.05, 0) is 58.9 Å². The zero-order valence-corrected chi connectivity index (χ0v) is 11.6. The van der Waals surface area contributed by atoms with Crippen molar-refractivity contribution in [2.75, 3.05) is 39.8 Å². The summed E-state index contributed by atoms with van der Waals surface area (Å²) < 4.78 is 0. The molecule has 2 saturated heterocycles. The van der Waals surface area contributed by atoms with Crippen LogP contribution in [-0.2, 0) is 0 Å². The van der Waals surface area contributed by atoms with Crippen molar-refractivity contribution in [3.8, 4) is 0 Å². The molecule has 1 unspecified atom stereocenters. The second-order valence-corrected chi connectivity index (χ2v) is 5.75. The van der Waals surface area contributed by atoms with Crippen molar-refractivity contribution in [1.82, 2.24) is 15.1 Å². The molecular weight excluding hydrogens is 210 g/mol. The van der Waals surface area contributed by atoms with Crippen LogP contribution in [0.15, 0.2) is 0 Å². The monoisotopic (exact) mass is 239 g/mol. The molecule has 1 atom stereocenters. The molecule has 0 amide bonds. The van der Waals surface area contributed by atoms with Crippen LogP contribution in [0.25, 0.3) is 0 Å². The van der Waals surface area contributed by atoms with Gasteiger partial charge < -0.3 is 15.1 Å². The summed E-state index contributed by atoms with van der Waals surface area (Å²) in [5.74, 6) is 0. The largest absolute Gasteiger partial charge is 0.312 e. The highest BCUT2D eigenvalue weighted by atomic mass is 15.2. The first-order valence-electron chi connectivity index (χ1n) is 7.45. The molecule has 1 N–H and O–H groups in total. The Bertz CT molecular complexity index is 212. The second-order valence-electron chi connectivity index (χ2n) is 5.75. The zero-order chi connectivity index (χ0) is 12.1. The van der Waals surface area contributed by atoms with Crippen LogP contribution >= 0.6 is 0 Å². The Morgan fingerprint density at radius 3 is 2.47 bits per heavy atom. The summed E-state index contributed by atoms with van der Waals surface area (Å²) in [6.45, 7) is 8.56. The lowest BCUT2D eigenvalue weighted by Crippen LogP contribution is -2.48. The Balaban J connectivity index is 1.65. The summed E-state index contributed by atoms with van der Waals surface area (Å²) in [5, 5.41) is 3.80. The van der Waals surface area contributed by atoms with Crippen molar-refractivity contribution < 1.29 is 0 Å². The predicted octanol–water partition coefficient (Wildman–Crippen LogP) is 1.54. The van der Waals surface area contributed by atoms with Gasteiger partial charge in [0.25, 0.3) is 0 Å². The van der Waals surface area contributed by atoms with Gasteiger partial charge in [0.05, 0.1) is 0 Å². The van der Waals surface area contributed by atoms with Gasteiger partial charge in [0, 0.05) is 18.6 Å².